The highest BCUT2D eigenvalue weighted by atomic mass is 16.3. The van der Waals surface area contributed by atoms with Crippen LogP contribution in [0.3, 0.4) is 0 Å². The number of aliphatic hydroxyl groups is 1. The Kier molecular flexibility index (Phi) is 4.73. The van der Waals surface area contributed by atoms with E-state index >= 15 is 0 Å². The predicted molar refractivity (Wildman–Crippen MR) is 55.1 cm³/mol. The Morgan fingerprint density at radius 1 is 1.50 bits per heavy atom. The van der Waals surface area contributed by atoms with E-state index in [-0.39, 0.29) is 6.03 Å². The first-order chi connectivity index (χ1) is 6.72. The minimum absolute atomic E-state index is 0.149. The summed E-state index contributed by atoms with van der Waals surface area (Å²) in [5, 5.41) is 14.8. The lowest BCUT2D eigenvalue weighted by molar-refractivity contribution is 0.166. The molecule has 0 aromatic rings. The molecule has 82 valence electrons. The maximum absolute atomic E-state index is 11.3. The molecule has 1 rings (SSSR count). The number of carbonyl (C=O) groups excluding carboxylic acids is 1. The van der Waals surface area contributed by atoms with Gasteiger partial charge in [-0.2, -0.15) is 0 Å². The molecule has 0 aliphatic heterocycles. The fourth-order valence-electron chi connectivity index (χ4n) is 1.66. The Bertz CT molecular complexity index is 179. The van der Waals surface area contributed by atoms with Gasteiger partial charge in [-0.1, -0.05) is 19.8 Å². The standard InChI is InChI=1S/C10H20N2O2/c1-2-9(13)7-11-10(14)12-8-5-3-4-6-8/h8-9,13H,2-7H2,1H3,(H2,11,12,14). The summed E-state index contributed by atoms with van der Waals surface area (Å²) in [5.74, 6) is 0. The molecule has 1 fully saturated rings. The Balaban J connectivity index is 2.09. The van der Waals surface area contributed by atoms with Crippen molar-refractivity contribution in [2.75, 3.05) is 6.54 Å². The molecule has 2 amide bonds. The first-order valence-electron chi connectivity index (χ1n) is 5.44. The number of nitrogens with one attached hydrogen (secondary N) is 2. The van der Waals surface area contributed by atoms with Crippen LogP contribution in [0.2, 0.25) is 0 Å². The molecule has 0 aromatic heterocycles. The third-order valence-electron chi connectivity index (χ3n) is 2.66. The van der Waals surface area contributed by atoms with Crippen LogP contribution in [0.4, 0.5) is 4.79 Å². The topological polar surface area (TPSA) is 61.4 Å². The molecule has 14 heavy (non-hydrogen) atoms. The minimum Gasteiger partial charge on any atom is -0.391 e. The van der Waals surface area contributed by atoms with Gasteiger partial charge >= 0.3 is 6.03 Å². The van der Waals surface area contributed by atoms with E-state index < -0.39 is 6.10 Å². The van der Waals surface area contributed by atoms with E-state index in [0.717, 1.165) is 12.8 Å². The van der Waals surface area contributed by atoms with Crippen molar-refractivity contribution in [1.29, 1.82) is 0 Å². The van der Waals surface area contributed by atoms with E-state index in [9.17, 15) is 9.90 Å². The van der Waals surface area contributed by atoms with Gasteiger partial charge in [0.15, 0.2) is 0 Å². The minimum atomic E-state index is -0.427. The van der Waals surface area contributed by atoms with Gasteiger partial charge < -0.3 is 15.7 Å². The van der Waals surface area contributed by atoms with Gasteiger partial charge in [-0.05, 0) is 19.3 Å². The van der Waals surface area contributed by atoms with E-state index in [1.54, 1.807) is 0 Å². The van der Waals surface area contributed by atoms with Crippen molar-refractivity contribution in [3.05, 3.63) is 0 Å². The van der Waals surface area contributed by atoms with Gasteiger partial charge in [0, 0.05) is 12.6 Å². The number of hydrogen-bond acceptors (Lipinski definition) is 2. The molecule has 1 saturated carbocycles. The van der Waals surface area contributed by atoms with Crippen molar-refractivity contribution in [3.8, 4) is 0 Å². The van der Waals surface area contributed by atoms with E-state index in [0.29, 0.717) is 19.0 Å². The molecular weight excluding hydrogens is 180 g/mol. The molecular formula is C10H20N2O2. The zero-order chi connectivity index (χ0) is 10.4. The molecule has 1 atom stereocenters. The fraction of sp³-hybridized carbons (Fsp3) is 0.900. The molecule has 1 aliphatic rings. The van der Waals surface area contributed by atoms with Crippen molar-refractivity contribution in [2.45, 2.75) is 51.2 Å². The SMILES string of the molecule is CCC(O)CNC(=O)NC1CCCC1. The molecule has 4 heteroatoms. The first-order valence-corrected chi connectivity index (χ1v) is 5.44. The molecule has 0 aromatic carbocycles. The van der Waals surface area contributed by atoms with Crippen molar-refractivity contribution >= 4 is 6.03 Å². The van der Waals surface area contributed by atoms with Gasteiger partial charge in [0.1, 0.15) is 0 Å². The van der Waals surface area contributed by atoms with Gasteiger partial charge in [-0.15, -0.1) is 0 Å². The summed E-state index contributed by atoms with van der Waals surface area (Å²) in [6, 6.07) is 0.193. The van der Waals surface area contributed by atoms with Crippen molar-refractivity contribution < 1.29 is 9.90 Å². The number of carbonyl (C=O) groups is 1. The average molecular weight is 200 g/mol. The second kappa shape index (κ2) is 5.86. The lowest BCUT2D eigenvalue weighted by atomic mass is 10.2. The maximum Gasteiger partial charge on any atom is 0.315 e. The van der Waals surface area contributed by atoms with Crippen LogP contribution in [-0.2, 0) is 0 Å². The van der Waals surface area contributed by atoms with Gasteiger partial charge in [-0.3, -0.25) is 0 Å². The summed E-state index contributed by atoms with van der Waals surface area (Å²) in [6.45, 7) is 2.23. The molecule has 1 aliphatic carbocycles. The lowest BCUT2D eigenvalue weighted by Gasteiger charge is -2.14. The predicted octanol–water partition coefficient (Wildman–Crippen LogP) is 0.999. The van der Waals surface area contributed by atoms with Crippen LogP contribution in [-0.4, -0.2) is 29.8 Å². The average Bonchev–Trinajstić information content (AvgIpc) is 2.66. The quantitative estimate of drug-likeness (QED) is 0.634. The molecule has 4 nitrogen and oxygen atoms in total. The van der Waals surface area contributed by atoms with Crippen LogP contribution >= 0.6 is 0 Å². The molecule has 1 unspecified atom stereocenters. The number of amides is 2. The molecule has 0 bridgehead atoms. The molecule has 0 heterocycles. The second-order valence-corrected chi connectivity index (χ2v) is 3.90. The summed E-state index contributed by atoms with van der Waals surface area (Å²) >= 11 is 0. The van der Waals surface area contributed by atoms with Gasteiger partial charge in [0.2, 0.25) is 0 Å². The Labute approximate surface area is 85.1 Å². The summed E-state index contributed by atoms with van der Waals surface area (Å²) in [6.07, 6.45) is 4.84. The van der Waals surface area contributed by atoms with Crippen LogP contribution in [0, 0.1) is 0 Å². The Hall–Kier alpha value is -0.770. The molecule has 3 N–H and O–H groups in total. The van der Waals surface area contributed by atoms with Crippen LogP contribution < -0.4 is 10.6 Å². The Morgan fingerprint density at radius 2 is 2.14 bits per heavy atom. The first kappa shape index (κ1) is 11.3. The largest absolute Gasteiger partial charge is 0.391 e. The molecule has 0 spiro atoms. The number of urea groups is 1. The highest BCUT2D eigenvalue weighted by Crippen LogP contribution is 2.17. The van der Waals surface area contributed by atoms with E-state index in [2.05, 4.69) is 10.6 Å². The highest BCUT2D eigenvalue weighted by Gasteiger charge is 2.16. The number of hydrogen-bond donors (Lipinski definition) is 3. The maximum atomic E-state index is 11.3. The molecule has 0 saturated heterocycles. The van der Waals surface area contributed by atoms with E-state index in [1.807, 2.05) is 6.92 Å². The monoisotopic (exact) mass is 200 g/mol. The fourth-order valence-corrected chi connectivity index (χ4v) is 1.66. The van der Waals surface area contributed by atoms with E-state index in [4.69, 9.17) is 0 Å². The van der Waals surface area contributed by atoms with Crippen LogP contribution in [0.25, 0.3) is 0 Å². The van der Waals surface area contributed by atoms with Crippen molar-refractivity contribution in [2.24, 2.45) is 0 Å². The second-order valence-electron chi connectivity index (χ2n) is 3.90. The van der Waals surface area contributed by atoms with Crippen molar-refractivity contribution in [1.82, 2.24) is 10.6 Å². The summed E-state index contributed by atoms with van der Waals surface area (Å²) < 4.78 is 0. The number of rotatable bonds is 4. The normalized spacial score (nSPS) is 19.3. The van der Waals surface area contributed by atoms with Crippen LogP contribution in [0.5, 0.6) is 0 Å². The zero-order valence-corrected chi connectivity index (χ0v) is 8.75. The van der Waals surface area contributed by atoms with Gasteiger partial charge in [0.25, 0.3) is 0 Å². The summed E-state index contributed by atoms with van der Waals surface area (Å²) in [4.78, 5) is 11.3. The smallest absolute Gasteiger partial charge is 0.315 e. The summed E-state index contributed by atoms with van der Waals surface area (Å²) in [5.41, 5.74) is 0. The number of aliphatic hydroxyl groups excluding tert-OH is 1. The van der Waals surface area contributed by atoms with Crippen LogP contribution in [0.1, 0.15) is 39.0 Å². The third-order valence-corrected chi connectivity index (χ3v) is 2.66. The van der Waals surface area contributed by atoms with Crippen molar-refractivity contribution in [3.63, 3.8) is 0 Å². The lowest BCUT2D eigenvalue weighted by Crippen LogP contribution is -2.43. The third kappa shape index (κ3) is 3.96. The zero-order valence-electron chi connectivity index (χ0n) is 8.75. The van der Waals surface area contributed by atoms with Gasteiger partial charge in [-0.25, -0.2) is 4.79 Å². The highest BCUT2D eigenvalue weighted by molar-refractivity contribution is 5.74. The van der Waals surface area contributed by atoms with Crippen LogP contribution in [0.15, 0.2) is 0 Å². The van der Waals surface area contributed by atoms with E-state index in [1.165, 1.54) is 12.8 Å². The Morgan fingerprint density at radius 3 is 2.71 bits per heavy atom. The molecule has 0 radical (unpaired) electrons. The summed E-state index contributed by atoms with van der Waals surface area (Å²) in [7, 11) is 0. The van der Waals surface area contributed by atoms with Gasteiger partial charge in [0.05, 0.1) is 6.10 Å².